The van der Waals surface area contributed by atoms with Crippen LogP contribution in [-0.4, -0.2) is 22.8 Å². The van der Waals surface area contributed by atoms with Gasteiger partial charge in [0.2, 0.25) is 0 Å². The number of hydrogen-bond donors (Lipinski definition) is 2. The first kappa shape index (κ1) is 14.4. The van der Waals surface area contributed by atoms with Crippen LogP contribution in [-0.2, 0) is 14.3 Å². The van der Waals surface area contributed by atoms with E-state index >= 15 is 0 Å². The average Bonchev–Trinajstić information content (AvgIpc) is 2.45. The van der Waals surface area contributed by atoms with Crippen molar-refractivity contribution in [2.45, 2.75) is 12.5 Å². The van der Waals surface area contributed by atoms with E-state index in [1.165, 1.54) is 0 Å². The summed E-state index contributed by atoms with van der Waals surface area (Å²) in [6.45, 7) is 0. The number of fused-ring (bicyclic) bond motifs is 1. The number of esters is 1. The minimum absolute atomic E-state index is 0.0797. The maximum absolute atomic E-state index is 11.3. The zero-order valence-electron chi connectivity index (χ0n) is 10.7. The fraction of sp³-hybridized carbons (Fsp3) is 0.200. The Morgan fingerprint density at radius 1 is 1.15 bits per heavy atom. The number of hydrogen-bond acceptors (Lipinski definition) is 4. The molecule has 0 aliphatic heterocycles. The van der Waals surface area contributed by atoms with Gasteiger partial charge in [-0.15, -0.1) is 0 Å². The van der Waals surface area contributed by atoms with E-state index < -0.39 is 18.0 Å². The number of rotatable bonds is 5. The Morgan fingerprint density at radius 2 is 1.85 bits per heavy atom. The molecule has 2 aromatic carbocycles. The second-order valence-corrected chi connectivity index (χ2v) is 4.66. The van der Waals surface area contributed by atoms with Gasteiger partial charge in [-0.05, 0) is 22.4 Å². The third-order valence-corrected chi connectivity index (χ3v) is 3.17. The van der Waals surface area contributed by atoms with Gasteiger partial charge in [-0.3, -0.25) is 9.59 Å². The molecule has 0 heterocycles. The lowest BCUT2D eigenvalue weighted by Gasteiger charge is -2.16. The molecule has 0 amide bonds. The van der Waals surface area contributed by atoms with Crippen LogP contribution in [0.3, 0.4) is 0 Å². The van der Waals surface area contributed by atoms with Crippen LogP contribution in [0.25, 0.3) is 10.8 Å². The smallest absolute Gasteiger partial charge is 0.316 e. The first-order valence-electron chi connectivity index (χ1n) is 6.11. The maximum atomic E-state index is 11.3. The number of carbonyl (C=O) groups excluding carboxylic acids is 1. The van der Waals surface area contributed by atoms with Gasteiger partial charge in [0.15, 0.2) is 0 Å². The molecule has 2 rings (SSSR count). The van der Waals surface area contributed by atoms with Crippen LogP contribution in [0.4, 0.5) is 0 Å². The van der Waals surface area contributed by atoms with Crippen molar-refractivity contribution in [3.05, 3.63) is 48.0 Å². The van der Waals surface area contributed by atoms with E-state index in [2.05, 4.69) is 12.6 Å². The highest BCUT2D eigenvalue weighted by Gasteiger charge is 2.19. The van der Waals surface area contributed by atoms with Gasteiger partial charge in [0.05, 0.1) is 12.2 Å². The van der Waals surface area contributed by atoms with Gasteiger partial charge in [-0.2, -0.15) is 12.6 Å². The molecule has 0 bridgehead atoms. The zero-order chi connectivity index (χ0) is 14.5. The summed E-state index contributed by atoms with van der Waals surface area (Å²) in [6, 6.07) is 13.2. The fourth-order valence-corrected chi connectivity index (χ4v) is 2.06. The highest BCUT2D eigenvalue weighted by atomic mass is 32.1. The average molecular weight is 290 g/mol. The SMILES string of the molecule is O=C(O)CC(OC(=O)CS)c1ccc2ccccc2c1. The standard InChI is InChI=1S/C15H14O4S/c16-14(17)8-13(19-15(18)9-20)12-6-5-10-3-1-2-4-11(10)7-12/h1-7,13,20H,8-9H2,(H,16,17). The molecule has 2 aromatic rings. The minimum atomic E-state index is -1.02. The lowest BCUT2D eigenvalue weighted by molar-refractivity contribution is -0.150. The molecule has 1 unspecified atom stereocenters. The second kappa shape index (κ2) is 6.43. The second-order valence-electron chi connectivity index (χ2n) is 4.34. The Balaban J connectivity index is 2.33. The number of thiol groups is 1. The number of carboxylic acid groups (broad SMARTS) is 1. The molecule has 0 spiro atoms. The first-order valence-corrected chi connectivity index (χ1v) is 6.74. The molecule has 1 atom stereocenters. The minimum Gasteiger partial charge on any atom is -0.481 e. The highest BCUT2D eigenvalue weighted by molar-refractivity contribution is 7.81. The van der Waals surface area contributed by atoms with Crippen LogP contribution in [0, 0.1) is 0 Å². The van der Waals surface area contributed by atoms with E-state index in [1.54, 1.807) is 6.07 Å². The van der Waals surface area contributed by atoms with Crippen molar-refractivity contribution in [3.63, 3.8) is 0 Å². The van der Waals surface area contributed by atoms with E-state index in [9.17, 15) is 9.59 Å². The van der Waals surface area contributed by atoms with E-state index in [0.29, 0.717) is 5.56 Å². The molecule has 4 nitrogen and oxygen atoms in total. The molecule has 0 fully saturated rings. The largest absolute Gasteiger partial charge is 0.481 e. The Morgan fingerprint density at radius 3 is 2.50 bits per heavy atom. The Hall–Kier alpha value is -2.01. The van der Waals surface area contributed by atoms with Crippen molar-refractivity contribution in [3.8, 4) is 0 Å². The molecule has 0 saturated heterocycles. The molecule has 0 aliphatic rings. The summed E-state index contributed by atoms with van der Waals surface area (Å²) in [5.74, 6) is -1.63. The predicted molar refractivity (Wildman–Crippen MR) is 78.9 cm³/mol. The van der Waals surface area contributed by atoms with Crippen molar-refractivity contribution < 1.29 is 19.4 Å². The third-order valence-electron chi connectivity index (χ3n) is 2.91. The van der Waals surface area contributed by atoms with E-state index in [4.69, 9.17) is 9.84 Å². The summed E-state index contributed by atoms with van der Waals surface area (Å²) in [4.78, 5) is 22.3. The Labute approximate surface area is 121 Å². The summed E-state index contributed by atoms with van der Waals surface area (Å²) in [7, 11) is 0. The lowest BCUT2D eigenvalue weighted by atomic mass is 10.0. The summed E-state index contributed by atoms with van der Waals surface area (Å²) < 4.78 is 5.15. The van der Waals surface area contributed by atoms with Crippen molar-refractivity contribution in [1.29, 1.82) is 0 Å². The van der Waals surface area contributed by atoms with Crippen molar-refractivity contribution in [2.75, 3.05) is 5.75 Å². The lowest BCUT2D eigenvalue weighted by Crippen LogP contribution is -2.15. The Bertz CT molecular complexity index is 639. The first-order chi connectivity index (χ1) is 9.60. The summed E-state index contributed by atoms with van der Waals surface area (Å²) in [5, 5.41) is 11.0. The van der Waals surface area contributed by atoms with Gasteiger partial charge < -0.3 is 9.84 Å². The molecular formula is C15H14O4S. The summed E-state index contributed by atoms with van der Waals surface area (Å²) >= 11 is 3.83. The van der Waals surface area contributed by atoms with Crippen molar-refractivity contribution in [2.24, 2.45) is 0 Å². The molecule has 5 heteroatoms. The Kier molecular flexibility index (Phi) is 4.63. The number of carbonyl (C=O) groups is 2. The summed E-state index contributed by atoms with van der Waals surface area (Å²) in [6.07, 6.45) is -1.06. The van der Waals surface area contributed by atoms with Gasteiger partial charge in [0.25, 0.3) is 0 Å². The molecule has 0 aliphatic carbocycles. The van der Waals surface area contributed by atoms with Gasteiger partial charge >= 0.3 is 11.9 Å². The molecule has 1 N–H and O–H groups in total. The van der Waals surface area contributed by atoms with Crippen molar-refractivity contribution >= 4 is 35.3 Å². The van der Waals surface area contributed by atoms with E-state index in [0.717, 1.165) is 10.8 Å². The maximum Gasteiger partial charge on any atom is 0.316 e. The van der Waals surface area contributed by atoms with E-state index in [-0.39, 0.29) is 12.2 Å². The van der Waals surface area contributed by atoms with Gasteiger partial charge in [-0.25, -0.2) is 0 Å². The molecule has 104 valence electrons. The predicted octanol–water partition coefficient (Wildman–Crippen LogP) is 2.83. The van der Waals surface area contributed by atoms with Crippen LogP contribution in [0.5, 0.6) is 0 Å². The highest BCUT2D eigenvalue weighted by Crippen LogP contribution is 2.25. The molecule has 0 radical (unpaired) electrons. The zero-order valence-corrected chi connectivity index (χ0v) is 11.5. The van der Waals surface area contributed by atoms with Crippen molar-refractivity contribution in [1.82, 2.24) is 0 Å². The van der Waals surface area contributed by atoms with Gasteiger partial charge in [0, 0.05) is 0 Å². The molecule has 0 aromatic heterocycles. The fourth-order valence-electron chi connectivity index (χ4n) is 1.99. The third kappa shape index (κ3) is 3.51. The van der Waals surface area contributed by atoms with Crippen LogP contribution >= 0.6 is 12.6 Å². The van der Waals surface area contributed by atoms with Crippen LogP contribution in [0.1, 0.15) is 18.1 Å². The monoisotopic (exact) mass is 290 g/mol. The summed E-state index contributed by atoms with van der Waals surface area (Å²) in [5.41, 5.74) is 0.668. The normalized spacial score (nSPS) is 12.1. The quantitative estimate of drug-likeness (QED) is 0.656. The molecule has 20 heavy (non-hydrogen) atoms. The molecular weight excluding hydrogens is 276 g/mol. The van der Waals surface area contributed by atoms with Crippen LogP contribution < -0.4 is 0 Å². The van der Waals surface area contributed by atoms with Gasteiger partial charge in [0.1, 0.15) is 6.10 Å². The number of benzene rings is 2. The van der Waals surface area contributed by atoms with Crippen LogP contribution in [0.15, 0.2) is 42.5 Å². The van der Waals surface area contributed by atoms with Gasteiger partial charge in [-0.1, -0.05) is 36.4 Å². The number of ether oxygens (including phenoxy) is 1. The molecule has 0 saturated carbocycles. The van der Waals surface area contributed by atoms with Crippen LogP contribution in [0.2, 0.25) is 0 Å². The number of carboxylic acids is 1. The topological polar surface area (TPSA) is 63.6 Å². The van der Waals surface area contributed by atoms with E-state index in [1.807, 2.05) is 36.4 Å². The number of aliphatic carboxylic acids is 1.